The van der Waals surface area contributed by atoms with Crippen molar-refractivity contribution in [3.05, 3.63) is 59.4 Å². The van der Waals surface area contributed by atoms with Gasteiger partial charge in [0.25, 0.3) is 0 Å². The first-order valence-electron chi connectivity index (χ1n) is 6.70. The average molecular weight is 268 g/mol. The van der Waals surface area contributed by atoms with E-state index in [0.29, 0.717) is 11.3 Å². The van der Waals surface area contributed by atoms with Crippen LogP contribution in [0.25, 0.3) is 0 Å². The van der Waals surface area contributed by atoms with E-state index in [1.165, 1.54) is 5.56 Å². The second kappa shape index (κ2) is 5.45. The molecule has 0 spiro atoms. The van der Waals surface area contributed by atoms with Crippen LogP contribution in [0.5, 0.6) is 0 Å². The summed E-state index contributed by atoms with van der Waals surface area (Å²) in [6.07, 6.45) is 3.56. The predicted octanol–water partition coefficient (Wildman–Crippen LogP) is 3.39. The zero-order valence-electron chi connectivity index (χ0n) is 12.2. The van der Waals surface area contributed by atoms with Crippen LogP contribution in [0.15, 0.2) is 42.7 Å². The van der Waals surface area contributed by atoms with E-state index in [9.17, 15) is 4.79 Å². The Morgan fingerprint density at radius 1 is 1.15 bits per heavy atom. The average Bonchev–Trinajstić information content (AvgIpc) is 2.40. The molecule has 1 aromatic carbocycles. The molecule has 3 nitrogen and oxygen atoms in total. The molecule has 2 N–H and O–H groups in total. The van der Waals surface area contributed by atoms with E-state index in [1.807, 2.05) is 24.3 Å². The van der Waals surface area contributed by atoms with Gasteiger partial charge in [0.05, 0.1) is 0 Å². The maximum Gasteiger partial charge on any atom is 0.167 e. The standard InChI is InChI=1S/C17H20N2O/c1-17(2,3)14-6-4-12(5-7-14)16(20)10-13-11-19-9-8-15(13)18/h4-9,11H,10H2,1-3H3,(H2,18,19). The minimum atomic E-state index is 0.0603. The van der Waals surface area contributed by atoms with Crippen molar-refractivity contribution in [2.24, 2.45) is 0 Å². The zero-order chi connectivity index (χ0) is 14.8. The number of carbonyl (C=O) groups is 1. The number of benzene rings is 1. The van der Waals surface area contributed by atoms with E-state index < -0.39 is 0 Å². The molecule has 0 aliphatic rings. The minimum absolute atomic E-state index is 0.0603. The van der Waals surface area contributed by atoms with E-state index in [-0.39, 0.29) is 17.6 Å². The van der Waals surface area contributed by atoms with Crippen LogP contribution < -0.4 is 5.73 Å². The lowest BCUT2D eigenvalue weighted by Gasteiger charge is -2.19. The minimum Gasteiger partial charge on any atom is -0.398 e. The number of ketones is 1. The summed E-state index contributed by atoms with van der Waals surface area (Å²) in [4.78, 5) is 16.3. The fourth-order valence-electron chi connectivity index (χ4n) is 2.02. The molecule has 0 unspecified atom stereocenters. The Kier molecular flexibility index (Phi) is 3.89. The lowest BCUT2D eigenvalue weighted by Crippen LogP contribution is -2.12. The molecular formula is C17H20N2O. The highest BCUT2D eigenvalue weighted by atomic mass is 16.1. The summed E-state index contributed by atoms with van der Waals surface area (Å²) in [5, 5.41) is 0. The van der Waals surface area contributed by atoms with Crippen molar-refractivity contribution in [2.45, 2.75) is 32.6 Å². The Hall–Kier alpha value is -2.16. The molecule has 3 heteroatoms. The molecule has 0 fully saturated rings. The Balaban J connectivity index is 2.16. The summed E-state index contributed by atoms with van der Waals surface area (Å²) in [7, 11) is 0. The van der Waals surface area contributed by atoms with Gasteiger partial charge in [-0.3, -0.25) is 9.78 Å². The summed E-state index contributed by atoms with van der Waals surface area (Å²) in [6, 6.07) is 9.51. The number of aromatic nitrogens is 1. The van der Waals surface area contributed by atoms with Crippen LogP contribution in [0.3, 0.4) is 0 Å². The van der Waals surface area contributed by atoms with Crippen molar-refractivity contribution in [3.8, 4) is 0 Å². The fraction of sp³-hybridized carbons (Fsp3) is 0.294. The number of nitrogen functional groups attached to an aromatic ring is 1. The van der Waals surface area contributed by atoms with Gasteiger partial charge in [-0.15, -0.1) is 0 Å². The molecule has 0 aliphatic heterocycles. The highest BCUT2D eigenvalue weighted by Crippen LogP contribution is 2.22. The van der Waals surface area contributed by atoms with Crippen molar-refractivity contribution < 1.29 is 4.79 Å². The summed E-state index contributed by atoms with van der Waals surface area (Å²) in [5.41, 5.74) is 9.24. The molecule has 0 radical (unpaired) electrons. The summed E-state index contributed by atoms with van der Waals surface area (Å²) < 4.78 is 0. The third kappa shape index (κ3) is 3.23. The highest BCUT2D eigenvalue weighted by Gasteiger charge is 2.15. The quantitative estimate of drug-likeness (QED) is 0.868. The van der Waals surface area contributed by atoms with Crippen molar-refractivity contribution in [1.29, 1.82) is 0 Å². The second-order valence-electron chi connectivity index (χ2n) is 6.00. The molecule has 104 valence electrons. The molecule has 0 bridgehead atoms. The monoisotopic (exact) mass is 268 g/mol. The zero-order valence-corrected chi connectivity index (χ0v) is 12.2. The molecule has 2 rings (SSSR count). The van der Waals surface area contributed by atoms with Crippen LogP contribution in [0, 0.1) is 0 Å². The number of rotatable bonds is 3. The number of nitrogens with two attached hydrogens (primary N) is 1. The van der Waals surface area contributed by atoms with Crippen LogP contribution >= 0.6 is 0 Å². The molecule has 0 saturated carbocycles. The first-order chi connectivity index (χ1) is 9.38. The molecule has 1 aromatic heterocycles. The van der Waals surface area contributed by atoms with Gasteiger partial charge in [0.15, 0.2) is 5.78 Å². The van der Waals surface area contributed by atoms with Gasteiger partial charge in [-0.05, 0) is 17.0 Å². The van der Waals surface area contributed by atoms with Gasteiger partial charge < -0.3 is 5.73 Å². The largest absolute Gasteiger partial charge is 0.398 e. The Morgan fingerprint density at radius 2 is 1.80 bits per heavy atom. The van der Waals surface area contributed by atoms with Gasteiger partial charge in [0.2, 0.25) is 0 Å². The number of carbonyl (C=O) groups excluding carboxylic acids is 1. The maximum atomic E-state index is 12.2. The number of anilines is 1. The number of hydrogen-bond donors (Lipinski definition) is 1. The van der Waals surface area contributed by atoms with Crippen LogP contribution in [0.1, 0.15) is 42.3 Å². The summed E-state index contributed by atoms with van der Waals surface area (Å²) in [5.74, 6) is 0.0603. The molecule has 20 heavy (non-hydrogen) atoms. The summed E-state index contributed by atoms with van der Waals surface area (Å²) in [6.45, 7) is 6.46. The van der Waals surface area contributed by atoms with Gasteiger partial charge in [-0.25, -0.2) is 0 Å². The molecule has 0 saturated heterocycles. The topological polar surface area (TPSA) is 56.0 Å². The predicted molar refractivity (Wildman–Crippen MR) is 81.8 cm³/mol. The van der Waals surface area contributed by atoms with E-state index in [0.717, 1.165) is 5.56 Å². The first-order valence-corrected chi connectivity index (χ1v) is 6.70. The van der Waals surface area contributed by atoms with Crippen LogP contribution in [-0.2, 0) is 11.8 Å². The Labute approximate surface area is 119 Å². The molecule has 0 aliphatic carbocycles. The van der Waals surface area contributed by atoms with Gasteiger partial charge in [-0.2, -0.15) is 0 Å². The smallest absolute Gasteiger partial charge is 0.167 e. The third-order valence-electron chi connectivity index (χ3n) is 3.37. The van der Waals surface area contributed by atoms with Gasteiger partial charge in [0, 0.05) is 35.6 Å². The van der Waals surface area contributed by atoms with E-state index in [2.05, 4.69) is 25.8 Å². The summed E-state index contributed by atoms with van der Waals surface area (Å²) >= 11 is 0. The first kappa shape index (κ1) is 14.3. The van der Waals surface area contributed by atoms with Gasteiger partial charge in [-0.1, -0.05) is 45.0 Å². The number of pyridine rings is 1. The van der Waals surface area contributed by atoms with Crippen LogP contribution in [-0.4, -0.2) is 10.8 Å². The Bertz CT molecular complexity index is 610. The maximum absolute atomic E-state index is 12.2. The molecule has 0 atom stereocenters. The normalized spacial score (nSPS) is 11.3. The molecule has 1 heterocycles. The molecular weight excluding hydrogens is 248 g/mol. The van der Waals surface area contributed by atoms with Crippen molar-refractivity contribution >= 4 is 11.5 Å². The lowest BCUT2D eigenvalue weighted by molar-refractivity contribution is 0.0993. The van der Waals surface area contributed by atoms with Crippen molar-refractivity contribution in [3.63, 3.8) is 0 Å². The van der Waals surface area contributed by atoms with Gasteiger partial charge >= 0.3 is 0 Å². The number of hydrogen-bond acceptors (Lipinski definition) is 3. The van der Waals surface area contributed by atoms with E-state index in [4.69, 9.17) is 5.73 Å². The molecule has 0 amide bonds. The van der Waals surface area contributed by atoms with Crippen molar-refractivity contribution in [1.82, 2.24) is 4.98 Å². The van der Waals surface area contributed by atoms with E-state index >= 15 is 0 Å². The van der Waals surface area contributed by atoms with E-state index in [1.54, 1.807) is 18.5 Å². The van der Waals surface area contributed by atoms with Gasteiger partial charge in [0.1, 0.15) is 0 Å². The SMILES string of the molecule is CC(C)(C)c1ccc(C(=O)Cc2cnccc2N)cc1. The third-order valence-corrected chi connectivity index (χ3v) is 3.37. The number of Topliss-reactive ketones (excluding diaryl/α,β-unsaturated/α-hetero) is 1. The molecule has 2 aromatic rings. The highest BCUT2D eigenvalue weighted by molar-refractivity contribution is 5.98. The lowest BCUT2D eigenvalue weighted by atomic mass is 9.86. The van der Waals surface area contributed by atoms with Crippen LogP contribution in [0.2, 0.25) is 0 Å². The van der Waals surface area contributed by atoms with Crippen molar-refractivity contribution in [2.75, 3.05) is 5.73 Å². The Morgan fingerprint density at radius 3 is 2.35 bits per heavy atom. The second-order valence-corrected chi connectivity index (χ2v) is 6.00. The van der Waals surface area contributed by atoms with Crippen LogP contribution in [0.4, 0.5) is 5.69 Å². The number of nitrogens with zero attached hydrogens (tertiary/aromatic N) is 1. The fourth-order valence-corrected chi connectivity index (χ4v) is 2.02.